The van der Waals surface area contributed by atoms with Gasteiger partial charge in [0.25, 0.3) is 0 Å². The van der Waals surface area contributed by atoms with Crippen molar-refractivity contribution in [2.75, 3.05) is 11.9 Å². The van der Waals surface area contributed by atoms with Crippen LogP contribution in [0.25, 0.3) is 5.65 Å². The molecule has 2 N–H and O–H groups in total. The molecule has 0 aromatic carbocycles. The molecule has 0 aliphatic carbocycles. The van der Waals surface area contributed by atoms with E-state index >= 15 is 0 Å². The highest BCUT2D eigenvalue weighted by atomic mass is 16.3. The van der Waals surface area contributed by atoms with E-state index in [-0.39, 0.29) is 6.61 Å². The highest BCUT2D eigenvalue weighted by Crippen LogP contribution is 2.21. The second-order valence-electron chi connectivity index (χ2n) is 4.50. The minimum atomic E-state index is 0.0333. The van der Waals surface area contributed by atoms with Crippen LogP contribution in [0.2, 0.25) is 0 Å². The van der Waals surface area contributed by atoms with Crippen LogP contribution in [-0.2, 0) is 6.54 Å². The summed E-state index contributed by atoms with van der Waals surface area (Å²) < 4.78 is 3.14. The molecule has 106 valence electrons. The van der Waals surface area contributed by atoms with E-state index in [4.69, 9.17) is 10.4 Å². The SMILES string of the molecule is Cc1cc(Nc2ccn(CCO)n2)c2ncc(C#N)n2n1. The molecule has 8 heteroatoms. The van der Waals surface area contributed by atoms with E-state index in [1.165, 1.54) is 10.7 Å². The fraction of sp³-hybridized carbons (Fsp3) is 0.231. The van der Waals surface area contributed by atoms with Crippen LogP contribution in [0.3, 0.4) is 0 Å². The monoisotopic (exact) mass is 283 g/mol. The number of hydrogen-bond acceptors (Lipinski definition) is 6. The van der Waals surface area contributed by atoms with Crippen LogP contribution in [0.4, 0.5) is 11.5 Å². The summed E-state index contributed by atoms with van der Waals surface area (Å²) in [6, 6.07) is 5.70. The Morgan fingerprint density at radius 3 is 3.05 bits per heavy atom. The molecule has 0 saturated heterocycles. The van der Waals surface area contributed by atoms with Gasteiger partial charge in [0.1, 0.15) is 6.07 Å². The maximum absolute atomic E-state index is 9.05. The molecule has 21 heavy (non-hydrogen) atoms. The van der Waals surface area contributed by atoms with Gasteiger partial charge in [0, 0.05) is 12.3 Å². The third kappa shape index (κ3) is 2.42. The van der Waals surface area contributed by atoms with Gasteiger partial charge in [0.05, 0.1) is 30.7 Å². The van der Waals surface area contributed by atoms with Gasteiger partial charge in [-0.05, 0) is 13.0 Å². The Labute approximate surface area is 120 Å². The highest BCUT2D eigenvalue weighted by molar-refractivity contribution is 5.73. The number of imidazole rings is 1. The van der Waals surface area contributed by atoms with Crippen molar-refractivity contribution >= 4 is 17.2 Å². The fourth-order valence-corrected chi connectivity index (χ4v) is 2.05. The Kier molecular flexibility index (Phi) is 3.25. The fourth-order valence-electron chi connectivity index (χ4n) is 2.05. The van der Waals surface area contributed by atoms with E-state index in [1.807, 2.05) is 13.0 Å². The molecule has 0 aliphatic rings. The standard InChI is InChI=1S/C13H13N7O/c1-9-6-11(13-15-8-10(7-14)20(13)17-9)16-12-2-3-19(18-12)4-5-21/h2-3,6,8,21H,4-5H2,1H3,(H,16,18). The molecular weight excluding hydrogens is 270 g/mol. The van der Waals surface area contributed by atoms with Gasteiger partial charge in [0.15, 0.2) is 17.2 Å². The van der Waals surface area contributed by atoms with Crippen molar-refractivity contribution in [2.45, 2.75) is 13.5 Å². The number of aryl methyl sites for hydroxylation is 1. The first-order valence-electron chi connectivity index (χ1n) is 6.38. The van der Waals surface area contributed by atoms with Crippen molar-refractivity contribution in [1.29, 1.82) is 5.26 Å². The summed E-state index contributed by atoms with van der Waals surface area (Å²) in [5, 5.41) is 29.7. The molecule has 3 heterocycles. The van der Waals surface area contributed by atoms with Crippen LogP contribution in [0.1, 0.15) is 11.4 Å². The lowest BCUT2D eigenvalue weighted by molar-refractivity contribution is 0.269. The van der Waals surface area contributed by atoms with Crippen LogP contribution in [0, 0.1) is 18.3 Å². The van der Waals surface area contributed by atoms with Crippen LogP contribution in [0.5, 0.6) is 0 Å². The molecule has 8 nitrogen and oxygen atoms in total. The molecule has 0 radical (unpaired) electrons. The topological polar surface area (TPSA) is 104 Å². The number of aromatic nitrogens is 5. The average molecular weight is 283 g/mol. The zero-order chi connectivity index (χ0) is 14.8. The minimum Gasteiger partial charge on any atom is -0.394 e. The summed E-state index contributed by atoms with van der Waals surface area (Å²) in [6.45, 7) is 2.32. The van der Waals surface area contributed by atoms with Crippen molar-refractivity contribution < 1.29 is 5.11 Å². The number of nitriles is 1. The molecule has 0 unspecified atom stereocenters. The maximum atomic E-state index is 9.05. The predicted octanol–water partition coefficient (Wildman–Crippen LogP) is 0.842. The van der Waals surface area contributed by atoms with Gasteiger partial charge in [-0.15, -0.1) is 0 Å². The Balaban J connectivity index is 1.99. The van der Waals surface area contributed by atoms with Gasteiger partial charge in [-0.25, -0.2) is 9.50 Å². The molecule has 0 saturated carbocycles. The van der Waals surface area contributed by atoms with E-state index < -0.39 is 0 Å². The van der Waals surface area contributed by atoms with Crippen molar-refractivity contribution in [1.82, 2.24) is 24.4 Å². The Morgan fingerprint density at radius 2 is 2.29 bits per heavy atom. The van der Waals surface area contributed by atoms with Crippen molar-refractivity contribution in [3.05, 3.63) is 35.9 Å². The van der Waals surface area contributed by atoms with Crippen LogP contribution < -0.4 is 5.32 Å². The summed E-state index contributed by atoms with van der Waals surface area (Å²) in [6.07, 6.45) is 3.26. The molecule has 0 fully saturated rings. The number of aliphatic hydroxyl groups is 1. The second kappa shape index (κ2) is 5.22. The van der Waals surface area contributed by atoms with Gasteiger partial charge < -0.3 is 10.4 Å². The number of anilines is 2. The molecular formula is C13H13N7O. The lowest BCUT2D eigenvalue weighted by Crippen LogP contribution is -2.04. The van der Waals surface area contributed by atoms with Gasteiger partial charge >= 0.3 is 0 Å². The minimum absolute atomic E-state index is 0.0333. The number of hydrogen-bond donors (Lipinski definition) is 2. The number of rotatable bonds is 4. The molecule has 0 spiro atoms. The summed E-state index contributed by atoms with van der Waals surface area (Å²) in [4.78, 5) is 4.21. The molecule has 0 bridgehead atoms. The molecule has 0 amide bonds. The van der Waals surface area contributed by atoms with Crippen LogP contribution in [-0.4, -0.2) is 36.1 Å². The largest absolute Gasteiger partial charge is 0.394 e. The first kappa shape index (κ1) is 13.1. The second-order valence-corrected chi connectivity index (χ2v) is 4.50. The van der Waals surface area contributed by atoms with E-state index in [0.29, 0.717) is 23.7 Å². The summed E-state index contributed by atoms with van der Waals surface area (Å²) in [7, 11) is 0. The zero-order valence-corrected chi connectivity index (χ0v) is 11.4. The van der Waals surface area contributed by atoms with Crippen molar-refractivity contribution in [3.63, 3.8) is 0 Å². The number of aliphatic hydroxyl groups excluding tert-OH is 1. The summed E-state index contributed by atoms with van der Waals surface area (Å²) in [5.74, 6) is 0.637. The smallest absolute Gasteiger partial charge is 0.178 e. The van der Waals surface area contributed by atoms with E-state index in [0.717, 1.165) is 11.4 Å². The Bertz CT molecular complexity index is 827. The molecule has 3 rings (SSSR count). The third-order valence-electron chi connectivity index (χ3n) is 2.94. The normalized spacial score (nSPS) is 10.7. The van der Waals surface area contributed by atoms with E-state index in [9.17, 15) is 0 Å². The van der Waals surface area contributed by atoms with Crippen molar-refractivity contribution in [3.8, 4) is 6.07 Å². The quantitative estimate of drug-likeness (QED) is 0.735. The van der Waals surface area contributed by atoms with E-state index in [1.54, 1.807) is 16.9 Å². The van der Waals surface area contributed by atoms with Crippen LogP contribution in [0.15, 0.2) is 24.5 Å². The van der Waals surface area contributed by atoms with Gasteiger partial charge in [-0.1, -0.05) is 0 Å². The summed E-state index contributed by atoms with van der Waals surface area (Å²) in [5.41, 5.74) is 2.42. The Hall–Kier alpha value is -2.92. The van der Waals surface area contributed by atoms with Gasteiger partial charge in [0.2, 0.25) is 0 Å². The molecule has 3 aromatic heterocycles. The molecule has 0 atom stereocenters. The maximum Gasteiger partial charge on any atom is 0.178 e. The van der Waals surface area contributed by atoms with Gasteiger partial charge in [-0.3, -0.25) is 4.68 Å². The number of nitrogens with one attached hydrogen (secondary N) is 1. The van der Waals surface area contributed by atoms with Crippen molar-refractivity contribution in [2.24, 2.45) is 0 Å². The third-order valence-corrected chi connectivity index (χ3v) is 2.94. The predicted molar refractivity (Wildman–Crippen MR) is 75.0 cm³/mol. The first-order valence-corrected chi connectivity index (χ1v) is 6.38. The van der Waals surface area contributed by atoms with Crippen LogP contribution >= 0.6 is 0 Å². The Morgan fingerprint density at radius 1 is 1.43 bits per heavy atom. The molecule has 0 aliphatic heterocycles. The highest BCUT2D eigenvalue weighted by Gasteiger charge is 2.11. The number of nitrogens with zero attached hydrogens (tertiary/aromatic N) is 6. The first-order chi connectivity index (χ1) is 10.2. The zero-order valence-electron chi connectivity index (χ0n) is 11.4. The van der Waals surface area contributed by atoms with Gasteiger partial charge in [-0.2, -0.15) is 15.5 Å². The number of fused-ring (bicyclic) bond motifs is 1. The lowest BCUT2D eigenvalue weighted by Gasteiger charge is -2.06. The average Bonchev–Trinajstić information content (AvgIpc) is 3.06. The summed E-state index contributed by atoms with van der Waals surface area (Å²) >= 11 is 0. The molecule has 3 aromatic rings. The lowest BCUT2D eigenvalue weighted by atomic mass is 10.3. The van der Waals surface area contributed by atoms with E-state index in [2.05, 4.69) is 26.6 Å².